The van der Waals surface area contributed by atoms with Crippen molar-refractivity contribution in [3.05, 3.63) is 24.4 Å². The lowest BCUT2D eigenvalue weighted by Gasteiger charge is -1.86. The van der Waals surface area contributed by atoms with Crippen molar-refractivity contribution in [3.63, 3.8) is 0 Å². The van der Waals surface area contributed by atoms with Gasteiger partial charge in [-0.1, -0.05) is 6.07 Å². The minimum Gasteiger partial charge on any atom is -0.324 e. The monoisotopic (exact) mass is 128 g/mol. The van der Waals surface area contributed by atoms with Crippen molar-refractivity contribution in [2.24, 2.45) is 0 Å². The summed E-state index contributed by atoms with van der Waals surface area (Å²) in [7, 11) is 0. The van der Waals surface area contributed by atoms with E-state index in [9.17, 15) is 0 Å². The van der Waals surface area contributed by atoms with Crippen molar-refractivity contribution in [2.45, 2.75) is 5.03 Å². The van der Waals surface area contributed by atoms with Crippen LogP contribution in [0.3, 0.4) is 0 Å². The summed E-state index contributed by atoms with van der Waals surface area (Å²) in [5.74, 6) is 0. The molecule has 0 aromatic carbocycles. The normalized spacial score (nSPS) is 10.8. The third-order valence-corrected chi connectivity index (χ3v) is 1.14. The van der Waals surface area contributed by atoms with Crippen LogP contribution in [-0.2, 0) is 0 Å². The molecule has 3 heteroatoms. The van der Waals surface area contributed by atoms with Crippen LogP contribution in [0.25, 0.3) is 1.43 Å². The lowest BCUT2D eigenvalue weighted by molar-refractivity contribution is 0.660. The maximum atomic E-state index is 6.36. The first-order valence-electron chi connectivity index (χ1n) is 2.55. The highest BCUT2D eigenvalue weighted by molar-refractivity contribution is 7.93. The van der Waals surface area contributed by atoms with Crippen molar-refractivity contribution in [1.82, 2.24) is 4.98 Å². The fourth-order valence-corrected chi connectivity index (χ4v) is 0.634. The van der Waals surface area contributed by atoms with E-state index < -0.39 is 0 Å². The van der Waals surface area contributed by atoms with Crippen molar-refractivity contribution in [3.8, 4) is 0 Å². The van der Waals surface area contributed by atoms with E-state index in [2.05, 4.69) is 9.54 Å². The predicted octanol–water partition coefficient (Wildman–Crippen LogP) is 1.65. The van der Waals surface area contributed by atoms with E-state index in [1.165, 1.54) is 0 Å². The highest BCUT2D eigenvalue weighted by Gasteiger charge is 1.84. The molecule has 1 rings (SSSR count). The molecule has 0 amide bonds. The molecule has 42 valence electrons. The second-order valence-corrected chi connectivity index (χ2v) is 1.84. The third kappa shape index (κ3) is 1.21. The Balaban J connectivity index is 2.61. The van der Waals surface area contributed by atoms with Crippen molar-refractivity contribution >= 4 is 12.0 Å². The van der Waals surface area contributed by atoms with Crippen LogP contribution in [-0.4, -0.2) is 9.54 Å². The van der Waals surface area contributed by atoms with Gasteiger partial charge in [-0.25, -0.2) is 4.98 Å². The van der Waals surface area contributed by atoms with E-state index in [1.807, 2.05) is 12.1 Å². The number of hydrogen-bond donors (Lipinski definition) is 1. The first-order chi connectivity index (χ1) is 4.43. The molecule has 1 N–H and O–H groups in total. The molecule has 1 aromatic rings. The van der Waals surface area contributed by atoms with Crippen LogP contribution in [0.5, 0.6) is 0 Å². The molecule has 1 aromatic heterocycles. The lowest BCUT2D eigenvalue weighted by Crippen LogP contribution is -1.72. The zero-order chi connectivity index (χ0) is 6.53. The van der Waals surface area contributed by atoms with Crippen molar-refractivity contribution in [1.29, 1.82) is 1.43 Å². The number of aromatic nitrogens is 1. The van der Waals surface area contributed by atoms with Gasteiger partial charge in [0.2, 0.25) is 1.43 Å². The number of hydrogen-bond acceptors (Lipinski definition) is 3. The largest absolute Gasteiger partial charge is 0.324 e. The fourth-order valence-electron chi connectivity index (χ4n) is 0.396. The summed E-state index contributed by atoms with van der Waals surface area (Å²) in [5.41, 5.74) is 0. The number of nitrogens with zero attached hydrogens (tertiary/aromatic N) is 1. The molecule has 0 aliphatic heterocycles. The predicted molar refractivity (Wildman–Crippen MR) is 32.7 cm³/mol. The van der Waals surface area contributed by atoms with Gasteiger partial charge in [0.25, 0.3) is 0 Å². The summed E-state index contributed by atoms with van der Waals surface area (Å²) in [6, 6.07) is 5.43. The molecule has 0 saturated heterocycles. The van der Waals surface area contributed by atoms with E-state index >= 15 is 0 Å². The van der Waals surface area contributed by atoms with Crippen molar-refractivity contribution in [2.75, 3.05) is 0 Å². The smallest absolute Gasteiger partial charge is 0.229 e. The molecule has 1 heterocycles. The molecule has 0 fully saturated rings. The van der Waals surface area contributed by atoms with Crippen LogP contribution < -0.4 is 0 Å². The van der Waals surface area contributed by atoms with E-state index in [1.54, 1.807) is 12.3 Å². The summed E-state index contributed by atoms with van der Waals surface area (Å²) in [6.45, 7) is 0. The average Bonchev–Trinajstić information content (AvgIpc) is 1.91. The molecule has 0 radical (unpaired) electrons. The Morgan fingerprint density at radius 2 is 2.75 bits per heavy atom. The summed E-state index contributed by atoms with van der Waals surface area (Å²) < 4.78 is 10.4. The molecule has 0 aliphatic carbocycles. The summed E-state index contributed by atoms with van der Waals surface area (Å²) >= 11 is 0.931. The average molecular weight is 128 g/mol. The van der Waals surface area contributed by atoms with Crippen LogP contribution in [0.2, 0.25) is 0 Å². The highest BCUT2D eigenvalue weighted by Crippen LogP contribution is 2.06. The topological polar surface area (TPSA) is 33.1 Å². The molecule has 8 heavy (non-hydrogen) atoms. The number of rotatable bonds is 2. The van der Waals surface area contributed by atoms with Gasteiger partial charge in [-0.05, 0) is 12.1 Å². The van der Waals surface area contributed by atoms with E-state index in [4.69, 9.17) is 1.43 Å². The van der Waals surface area contributed by atoms with Gasteiger partial charge in [0, 0.05) is 18.2 Å². The molecular formula is C5H5NOS. The molecule has 0 aliphatic rings. The summed E-state index contributed by atoms with van der Waals surface area (Å²) in [4.78, 5) is 3.89. The zero-order valence-electron chi connectivity index (χ0n) is 5.07. The molecular weight excluding hydrogens is 122 g/mol. The lowest BCUT2D eigenvalue weighted by atomic mass is 10.5. The summed E-state index contributed by atoms with van der Waals surface area (Å²) in [5, 5.41) is 0.701. The highest BCUT2D eigenvalue weighted by atomic mass is 32.2. The summed E-state index contributed by atoms with van der Waals surface area (Å²) in [6.07, 6.45) is 1.65. The Hall–Kier alpha value is -0.540. The Morgan fingerprint density at radius 1 is 1.75 bits per heavy atom. The Bertz CT molecular complexity index is 170. The SMILES string of the molecule is [2H]OSc1ccccn1. The Morgan fingerprint density at radius 3 is 3.38 bits per heavy atom. The van der Waals surface area contributed by atoms with Gasteiger partial charge in [-0.3, -0.25) is 0 Å². The van der Waals surface area contributed by atoms with E-state index in [0.717, 1.165) is 12.0 Å². The second-order valence-electron chi connectivity index (χ2n) is 1.25. The van der Waals surface area contributed by atoms with Crippen molar-refractivity contribution < 1.29 is 4.56 Å². The second kappa shape index (κ2) is 2.69. The molecule has 0 unspecified atom stereocenters. The molecule has 0 spiro atoms. The van der Waals surface area contributed by atoms with Crippen LogP contribution in [0.4, 0.5) is 0 Å². The van der Waals surface area contributed by atoms with Crippen LogP contribution in [0, 0.1) is 0 Å². The first kappa shape index (κ1) is 4.35. The van der Waals surface area contributed by atoms with Crippen LogP contribution in [0.15, 0.2) is 29.4 Å². The standard InChI is InChI=1S/C5H5NOS/c7-8-5-3-1-2-4-6-5/h1-4,7H/i/hD. The minimum atomic E-state index is 0.701. The van der Waals surface area contributed by atoms with Gasteiger partial charge in [0.15, 0.2) is 0 Å². The van der Waals surface area contributed by atoms with Gasteiger partial charge < -0.3 is 4.56 Å². The van der Waals surface area contributed by atoms with Gasteiger partial charge in [-0.15, -0.1) is 0 Å². The third-order valence-electron chi connectivity index (χ3n) is 0.723. The van der Waals surface area contributed by atoms with Crippen LogP contribution >= 0.6 is 12.0 Å². The zero-order valence-corrected chi connectivity index (χ0v) is 4.89. The maximum absolute atomic E-state index is 6.36. The minimum absolute atomic E-state index is 0.701. The number of pyridine rings is 1. The van der Waals surface area contributed by atoms with E-state index in [-0.39, 0.29) is 0 Å². The van der Waals surface area contributed by atoms with Gasteiger partial charge in [-0.2, -0.15) is 0 Å². The van der Waals surface area contributed by atoms with E-state index in [0.29, 0.717) is 5.03 Å². The molecule has 2 nitrogen and oxygen atoms in total. The molecule has 0 bridgehead atoms. The Labute approximate surface area is 53.3 Å². The Kier molecular flexibility index (Phi) is 1.46. The molecule has 0 atom stereocenters. The van der Waals surface area contributed by atoms with Gasteiger partial charge >= 0.3 is 0 Å². The van der Waals surface area contributed by atoms with Gasteiger partial charge in [0.05, 0.1) is 0 Å². The fraction of sp³-hybridized carbons (Fsp3) is 0. The van der Waals surface area contributed by atoms with Crippen LogP contribution in [0.1, 0.15) is 0 Å². The van der Waals surface area contributed by atoms with Gasteiger partial charge in [0.1, 0.15) is 5.03 Å². The quantitative estimate of drug-likeness (QED) is 0.615. The first-order valence-corrected chi connectivity index (χ1v) is 2.88. The maximum Gasteiger partial charge on any atom is 0.229 e. The molecule has 0 saturated carbocycles.